The maximum atomic E-state index is 13.4. The Morgan fingerprint density at radius 2 is 1.31 bits per heavy atom. The van der Waals surface area contributed by atoms with Crippen LogP contribution in [0.2, 0.25) is 0 Å². The monoisotopic (exact) mass is 349 g/mol. The van der Waals surface area contributed by atoms with Gasteiger partial charge in [0, 0.05) is 10.9 Å². The van der Waals surface area contributed by atoms with Gasteiger partial charge in [-0.25, -0.2) is 4.98 Å². The molecule has 1 aromatic heterocycles. The Morgan fingerprint density at radius 1 is 0.654 bits per heavy atom. The zero-order chi connectivity index (χ0) is 18.1. The quantitative estimate of drug-likeness (QED) is 0.398. The Bertz CT molecular complexity index is 1070. The summed E-state index contributed by atoms with van der Waals surface area (Å²) < 4.78 is 40.3. The summed E-state index contributed by atoms with van der Waals surface area (Å²) in [4.78, 5) is 4.51. The molecule has 0 saturated heterocycles. The molecule has 4 rings (SSSR count). The first-order chi connectivity index (χ1) is 12.5. The van der Waals surface area contributed by atoms with Gasteiger partial charge in [-0.3, -0.25) is 0 Å². The smallest absolute Gasteiger partial charge is 0.248 e. The Kier molecular flexibility index (Phi) is 3.96. The standard InChI is InChI=1S/C22H14F3N/c23-22(24,25)19-12-6-4-11-17(19)21-14-18(15-8-2-1-3-9-15)16-10-5-7-13-20(16)26-21/h1-14H. The van der Waals surface area contributed by atoms with E-state index in [1.165, 1.54) is 12.1 Å². The van der Waals surface area contributed by atoms with E-state index in [4.69, 9.17) is 0 Å². The first-order valence-corrected chi connectivity index (χ1v) is 8.16. The predicted octanol–water partition coefficient (Wildman–Crippen LogP) is 6.59. The largest absolute Gasteiger partial charge is 0.417 e. The van der Waals surface area contributed by atoms with Gasteiger partial charge in [-0.05, 0) is 29.3 Å². The lowest BCUT2D eigenvalue weighted by atomic mass is 9.96. The van der Waals surface area contributed by atoms with Crippen molar-refractivity contribution in [3.63, 3.8) is 0 Å². The third-order valence-corrected chi connectivity index (χ3v) is 4.31. The molecule has 4 aromatic rings. The van der Waals surface area contributed by atoms with Gasteiger partial charge in [-0.15, -0.1) is 0 Å². The van der Waals surface area contributed by atoms with E-state index in [0.29, 0.717) is 11.2 Å². The second kappa shape index (κ2) is 6.30. The fourth-order valence-electron chi connectivity index (χ4n) is 3.12. The summed E-state index contributed by atoms with van der Waals surface area (Å²) in [6, 6.07) is 24.4. The predicted molar refractivity (Wildman–Crippen MR) is 97.6 cm³/mol. The number of fused-ring (bicyclic) bond motifs is 1. The van der Waals surface area contributed by atoms with Gasteiger partial charge in [0.05, 0.1) is 16.8 Å². The summed E-state index contributed by atoms with van der Waals surface area (Å²) in [7, 11) is 0. The second-order valence-corrected chi connectivity index (χ2v) is 5.98. The maximum absolute atomic E-state index is 13.4. The first kappa shape index (κ1) is 16.3. The average Bonchev–Trinajstić information content (AvgIpc) is 2.67. The highest BCUT2D eigenvalue weighted by molar-refractivity contribution is 5.96. The number of pyridine rings is 1. The molecule has 4 heteroatoms. The Hall–Kier alpha value is -3.14. The molecule has 0 fully saturated rings. The van der Waals surface area contributed by atoms with Crippen LogP contribution in [-0.4, -0.2) is 4.98 Å². The fraction of sp³-hybridized carbons (Fsp3) is 0.0455. The van der Waals surface area contributed by atoms with Gasteiger partial charge in [0.2, 0.25) is 0 Å². The highest BCUT2D eigenvalue weighted by Crippen LogP contribution is 2.38. The second-order valence-electron chi connectivity index (χ2n) is 5.98. The van der Waals surface area contributed by atoms with Crippen LogP contribution in [0.3, 0.4) is 0 Å². The van der Waals surface area contributed by atoms with Crippen LogP contribution in [0, 0.1) is 0 Å². The molecular weight excluding hydrogens is 335 g/mol. The van der Waals surface area contributed by atoms with E-state index in [1.807, 2.05) is 54.6 Å². The number of para-hydroxylation sites is 1. The minimum absolute atomic E-state index is 0.0861. The molecule has 3 aromatic carbocycles. The zero-order valence-electron chi connectivity index (χ0n) is 13.7. The summed E-state index contributed by atoms with van der Waals surface area (Å²) in [6.07, 6.45) is -4.43. The number of alkyl halides is 3. The molecule has 0 aliphatic heterocycles. The van der Waals surface area contributed by atoms with Crippen molar-refractivity contribution in [1.82, 2.24) is 4.98 Å². The topological polar surface area (TPSA) is 12.9 Å². The molecule has 0 amide bonds. The van der Waals surface area contributed by atoms with Crippen molar-refractivity contribution < 1.29 is 13.2 Å². The average molecular weight is 349 g/mol. The summed E-state index contributed by atoms with van der Waals surface area (Å²) in [5.41, 5.74) is 2.20. The van der Waals surface area contributed by atoms with Crippen LogP contribution >= 0.6 is 0 Å². The normalized spacial score (nSPS) is 11.7. The molecule has 128 valence electrons. The molecule has 1 heterocycles. The molecule has 0 bridgehead atoms. The van der Waals surface area contributed by atoms with E-state index >= 15 is 0 Å². The van der Waals surface area contributed by atoms with E-state index in [1.54, 1.807) is 12.1 Å². The van der Waals surface area contributed by atoms with Gasteiger partial charge in [0.25, 0.3) is 0 Å². The SMILES string of the molecule is FC(F)(F)c1ccccc1-c1cc(-c2ccccc2)c2ccccc2n1. The van der Waals surface area contributed by atoms with Crippen LogP contribution in [0.15, 0.2) is 84.9 Å². The summed E-state index contributed by atoms with van der Waals surface area (Å²) in [5.74, 6) is 0. The maximum Gasteiger partial charge on any atom is 0.417 e. The first-order valence-electron chi connectivity index (χ1n) is 8.16. The van der Waals surface area contributed by atoms with Gasteiger partial charge < -0.3 is 0 Å². The lowest BCUT2D eigenvalue weighted by molar-refractivity contribution is -0.137. The van der Waals surface area contributed by atoms with Crippen molar-refractivity contribution in [3.05, 3.63) is 90.5 Å². The lowest BCUT2D eigenvalue weighted by Crippen LogP contribution is -2.07. The summed E-state index contributed by atoms with van der Waals surface area (Å²) in [5, 5.41) is 0.909. The van der Waals surface area contributed by atoms with Gasteiger partial charge in [-0.2, -0.15) is 13.2 Å². The minimum atomic E-state index is -4.43. The molecular formula is C22H14F3N. The molecule has 1 nitrogen and oxygen atoms in total. The van der Waals surface area contributed by atoms with Crippen molar-refractivity contribution >= 4 is 10.9 Å². The minimum Gasteiger partial charge on any atom is -0.248 e. The van der Waals surface area contributed by atoms with E-state index < -0.39 is 11.7 Å². The molecule has 0 atom stereocenters. The molecule has 0 radical (unpaired) electrons. The molecule has 0 spiro atoms. The third kappa shape index (κ3) is 2.94. The number of benzene rings is 3. The van der Waals surface area contributed by atoms with Gasteiger partial charge in [0.1, 0.15) is 0 Å². The van der Waals surface area contributed by atoms with Crippen LogP contribution in [-0.2, 0) is 6.18 Å². The van der Waals surface area contributed by atoms with Gasteiger partial charge in [-0.1, -0.05) is 66.7 Å². The van der Waals surface area contributed by atoms with E-state index in [2.05, 4.69) is 4.98 Å². The number of nitrogens with zero attached hydrogens (tertiary/aromatic N) is 1. The van der Waals surface area contributed by atoms with Crippen molar-refractivity contribution in [3.8, 4) is 22.4 Å². The fourth-order valence-corrected chi connectivity index (χ4v) is 3.12. The molecule has 0 aliphatic carbocycles. The summed E-state index contributed by atoms with van der Waals surface area (Å²) in [6.45, 7) is 0. The van der Waals surface area contributed by atoms with Gasteiger partial charge in [0.15, 0.2) is 0 Å². The van der Waals surface area contributed by atoms with E-state index in [-0.39, 0.29) is 5.56 Å². The molecule has 26 heavy (non-hydrogen) atoms. The number of hydrogen-bond acceptors (Lipinski definition) is 1. The van der Waals surface area contributed by atoms with Crippen LogP contribution in [0.25, 0.3) is 33.3 Å². The lowest BCUT2D eigenvalue weighted by Gasteiger charge is -2.14. The van der Waals surface area contributed by atoms with E-state index in [9.17, 15) is 13.2 Å². The van der Waals surface area contributed by atoms with Crippen LogP contribution < -0.4 is 0 Å². The Labute approximate surface area is 148 Å². The Morgan fingerprint density at radius 3 is 2.08 bits per heavy atom. The van der Waals surface area contributed by atoms with Crippen molar-refractivity contribution in [2.45, 2.75) is 6.18 Å². The third-order valence-electron chi connectivity index (χ3n) is 4.31. The van der Waals surface area contributed by atoms with Crippen molar-refractivity contribution in [2.24, 2.45) is 0 Å². The van der Waals surface area contributed by atoms with Crippen LogP contribution in [0.4, 0.5) is 13.2 Å². The van der Waals surface area contributed by atoms with Crippen LogP contribution in [0.1, 0.15) is 5.56 Å². The number of halogens is 3. The van der Waals surface area contributed by atoms with Gasteiger partial charge >= 0.3 is 6.18 Å². The molecule has 0 unspecified atom stereocenters. The van der Waals surface area contributed by atoms with Crippen LogP contribution in [0.5, 0.6) is 0 Å². The Balaban J connectivity index is 2.02. The number of hydrogen-bond donors (Lipinski definition) is 0. The van der Waals surface area contributed by atoms with Crippen molar-refractivity contribution in [2.75, 3.05) is 0 Å². The summed E-state index contributed by atoms with van der Waals surface area (Å²) >= 11 is 0. The number of aromatic nitrogens is 1. The van der Waals surface area contributed by atoms with E-state index in [0.717, 1.165) is 22.6 Å². The highest BCUT2D eigenvalue weighted by Gasteiger charge is 2.33. The zero-order valence-corrected chi connectivity index (χ0v) is 13.7. The highest BCUT2D eigenvalue weighted by atomic mass is 19.4. The number of rotatable bonds is 2. The molecule has 0 N–H and O–H groups in total. The molecule has 0 saturated carbocycles. The van der Waals surface area contributed by atoms with Crippen molar-refractivity contribution in [1.29, 1.82) is 0 Å². The molecule has 0 aliphatic rings.